The lowest BCUT2D eigenvalue weighted by molar-refractivity contribution is -0.131. The van der Waals surface area contributed by atoms with Crippen LogP contribution in [0, 0.1) is 11.3 Å². The van der Waals surface area contributed by atoms with Crippen LogP contribution in [0.4, 0.5) is 0 Å². The molecule has 1 aromatic carbocycles. The van der Waals surface area contributed by atoms with E-state index >= 15 is 0 Å². The lowest BCUT2D eigenvalue weighted by Gasteiger charge is -2.33. The Morgan fingerprint density at radius 3 is 2.29 bits per heavy atom. The molecule has 24 heavy (non-hydrogen) atoms. The molecule has 0 bridgehead atoms. The molecule has 0 heterocycles. The number of Topliss-reactive ketones (excluding diaryl/α,β-unsaturated/α-hetero) is 2. The molecule has 1 saturated carbocycles. The van der Waals surface area contributed by atoms with Crippen molar-refractivity contribution in [2.45, 2.75) is 46.0 Å². The Morgan fingerprint density at radius 2 is 1.71 bits per heavy atom. The second-order valence-electron chi connectivity index (χ2n) is 6.76. The average Bonchev–Trinajstić information content (AvgIpc) is 2.60. The van der Waals surface area contributed by atoms with E-state index in [-0.39, 0.29) is 16.9 Å². The number of phenolic OH excluding ortho intramolecular Hbond substituents is 1. The number of para-hydroxylation sites is 1. The first-order valence-electron chi connectivity index (χ1n) is 8.30. The van der Waals surface area contributed by atoms with E-state index in [9.17, 15) is 19.5 Å². The second-order valence-corrected chi connectivity index (χ2v) is 6.76. The van der Waals surface area contributed by atoms with Crippen molar-refractivity contribution < 1.29 is 24.2 Å². The van der Waals surface area contributed by atoms with E-state index in [1.165, 1.54) is 25.3 Å². The smallest absolute Gasteiger partial charge is 0.341 e. The molecule has 1 aliphatic carbocycles. The molecular weight excluding hydrogens is 308 g/mol. The number of esters is 1. The minimum atomic E-state index is -0.855. The number of hydrogen-bond donors (Lipinski definition) is 1. The highest BCUT2D eigenvalue weighted by molar-refractivity contribution is 6.14. The minimum Gasteiger partial charge on any atom is -0.506 e. The molecule has 1 atom stereocenters. The Bertz CT molecular complexity index is 656. The summed E-state index contributed by atoms with van der Waals surface area (Å²) in [5, 5.41) is 10.2. The van der Waals surface area contributed by atoms with Crippen LogP contribution in [-0.4, -0.2) is 29.8 Å². The maximum absolute atomic E-state index is 12.8. The number of phenols is 1. The van der Waals surface area contributed by atoms with Crippen LogP contribution >= 0.6 is 0 Å². The monoisotopic (exact) mass is 332 g/mol. The summed E-state index contributed by atoms with van der Waals surface area (Å²) in [6.07, 6.45) is 4.68. The number of hydrogen-bond acceptors (Lipinski definition) is 5. The zero-order valence-electron chi connectivity index (χ0n) is 14.4. The molecule has 1 fully saturated rings. The summed E-state index contributed by atoms with van der Waals surface area (Å²) in [5.74, 6) is -2.56. The van der Waals surface area contributed by atoms with Gasteiger partial charge in [-0.15, -0.1) is 0 Å². The number of carbonyl (C=O) groups is 3. The summed E-state index contributed by atoms with van der Waals surface area (Å²) < 4.78 is 4.59. The van der Waals surface area contributed by atoms with Crippen LogP contribution in [0.3, 0.4) is 0 Å². The first-order chi connectivity index (χ1) is 11.3. The number of aromatic hydroxyl groups is 1. The van der Waals surface area contributed by atoms with E-state index in [1.807, 2.05) is 6.92 Å². The number of carbonyl (C=O) groups excluding carboxylic acids is 3. The summed E-state index contributed by atoms with van der Waals surface area (Å²) >= 11 is 0. The maximum atomic E-state index is 12.8. The number of benzene rings is 1. The molecule has 0 spiro atoms. The molecule has 130 valence electrons. The molecule has 1 unspecified atom stereocenters. The van der Waals surface area contributed by atoms with Crippen molar-refractivity contribution in [2.75, 3.05) is 7.11 Å². The molecular formula is C19H24O5. The predicted octanol–water partition coefficient (Wildman–Crippen LogP) is 3.54. The molecule has 1 N–H and O–H groups in total. The van der Waals surface area contributed by atoms with E-state index in [2.05, 4.69) is 4.74 Å². The average molecular weight is 332 g/mol. The van der Waals surface area contributed by atoms with Gasteiger partial charge in [0.15, 0.2) is 5.78 Å². The Labute approximate surface area is 142 Å². The van der Waals surface area contributed by atoms with Gasteiger partial charge in [-0.1, -0.05) is 32.3 Å². The Morgan fingerprint density at radius 1 is 1.12 bits per heavy atom. The predicted molar refractivity (Wildman–Crippen MR) is 89.1 cm³/mol. The molecule has 1 aromatic rings. The molecule has 0 radical (unpaired) electrons. The normalized spacial score (nSPS) is 17.8. The van der Waals surface area contributed by atoms with Gasteiger partial charge in [-0.05, 0) is 31.9 Å². The fourth-order valence-electron chi connectivity index (χ4n) is 3.47. The van der Waals surface area contributed by atoms with Crippen molar-refractivity contribution >= 4 is 17.5 Å². The SMILES string of the molecule is COC(=O)c1cccc(C(=O)C(C)C(=O)C2(C)CCCCC2)c1O. The quantitative estimate of drug-likeness (QED) is 0.507. The van der Waals surface area contributed by atoms with Crippen molar-refractivity contribution in [3.8, 4) is 5.75 Å². The van der Waals surface area contributed by atoms with E-state index in [1.54, 1.807) is 6.92 Å². The van der Waals surface area contributed by atoms with Crippen LogP contribution in [0.5, 0.6) is 5.75 Å². The van der Waals surface area contributed by atoms with E-state index < -0.39 is 28.8 Å². The van der Waals surface area contributed by atoms with Crippen molar-refractivity contribution in [1.29, 1.82) is 0 Å². The van der Waals surface area contributed by atoms with Gasteiger partial charge >= 0.3 is 5.97 Å². The molecule has 0 aromatic heterocycles. The summed E-state index contributed by atoms with van der Waals surface area (Å²) in [6, 6.07) is 4.31. The van der Waals surface area contributed by atoms with Gasteiger partial charge in [0.05, 0.1) is 18.6 Å². The number of rotatable bonds is 5. The highest BCUT2D eigenvalue weighted by Gasteiger charge is 2.40. The van der Waals surface area contributed by atoms with E-state index in [4.69, 9.17) is 0 Å². The fraction of sp³-hybridized carbons (Fsp3) is 0.526. The van der Waals surface area contributed by atoms with E-state index in [0.29, 0.717) is 0 Å². The third kappa shape index (κ3) is 3.35. The van der Waals surface area contributed by atoms with Crippen LogP contribution in [0.15, 0.2) is 18.2 Å². The van der Waals surface area contributed by atoms with Crippen molar-refractivity contribution in [3.63, 3.8) is 0 Å². The van der Waals surface area contributed by atoms with Crippen LogP contribution < -0.4 is 0 Å². The van der Waals surface area contributed by atoms with Crippen LogP contribution in [0.25, 0.3) is 0 Å². The Hall–Kier alpha value is -2.17. The van der Waals surface area contributed by atoms with Crippen molar-refractivity contribution in [1.82, 2.24) is 0 Å². The molecule has 5 heteroatoms. The largest absolute Gasteiger partial charge is 0.506 e. The first-order valence-corrected chi connectivity index (χ1v) is 8.30. The highest BCUT2D eigenvalue weighted by atomic mass is 16.5. The van der Waals surface area contributed by atoms with Gasteiger partial charge in [-0.2, -0.15) is 0 Å². The third-order valence-corrected chi connectivity index (χ3v) is 5.05. The van der Waals surface area contributed by atoms with Gasteiger partial charge in [-0.3, -0.25) is 9.59 Å². The van der Waals surface area contributed by atoms with Crippen LogP contribution in [-0.2, 0) is 9.53 Å². The minimum absolute atomic E-state index is 0.0156. The first kappa shape index (κ1) is 18.2. The standard InChI is InChI=1S/C19H24O5/c1-12(17(22)19(2)10-5-4-6-11-19)15(20)13-8-7-9-14(16(13)21)18(23)24-3/h7-9,12,21H,4-6,10-11H2,1-3H3. The van der Waals surface area contributed by atoms with Gasteiger partial charge in [0.25, 0.3) is 0 Å². The zero-order valence-corrected chi connectivity index (χ0v) is 14.4. The van der Waals surface area contributed by atoms with Gasteiger partial charge in [0.1, 0.15) is 17.1 Å². The molecule has 1 aliphatic rings. The summed E-state index contributed by atoms with van der Waals surface area (Å²) in [7, 11) is 1.20. The maximum Gasteiger partial charge on any atom is 0.341 e. The molecule has 5 nitrogen and oxygen atoms in total. The molecule has 0 amide bonds. The van der Waals surface area contributed by atoms with Crippen LogP contribution in [0.1, 0.15) is 66.7 Å². The lowest BCUT2D eigenvalue weighted by atomic mass is 9.69. The van der Waals surface area contributed by atoms with Crippen molar-refractivity contribution in [3.05, 3.63) is 29.3 Å². The highest BCUT2D eigenvalue weighted by Crippen LogP contribution is 2.39. The summed E-state index contributed by atoms with van der Waals surface area (Å²) in [5.41, 5.74) is -0.576. The number of methoxy groups -OCH3 is 1. The lowest BCUT2D eigenvalue weighted by Crippen LogP contribution is -2.37. The van der Waals surface area contributed by atoms with Gasteiger partial charge < -0.3 is 9.84 Å². The third-order valence-electron chi connectivity index (χ3n) is 5.05. The molecule has 2 rings (SSSR count). The zero-order chi connectivity index (χ0) is 17.9. The topological polar surface area (TPSA) is 80.7 Å². The van der Waals surface area contributed by atoms with Crippen molar-refractivity contribution in [2.24, 2.45) is 11.3 Å². The van der Waals surface area contributed by atoms with E-state index in [0.717, 1.165) is 32.1 Å². The van der Waals surface area contributed by atoms with Gasteiger partial charge in [-0.25, -0.2) is 4.79 Å². The van der Waals surface area contributed by atoms with Crippen LogP contribution in [0.2, 0.25) is 0 Å². The molecule has 0 aliphatic heterocycles. The Kier molecular flexibility index (Phi) is 5.42. The number of ether oxygens (including phenoxy) is 1. The fourth-order valence-corrected chi connectivity index (χ4v) is 3.47. The second kappa shape index (κ2) is 7.16. The van der Waals surface area contributed by atoms with Gasteiger partial charge in [0, 0.05) is 5.41 Å². The summed E-state index contributed by atoms with van der Waals surface area (Å²) in [4.78, 5) is 37.2. The number of ketones is 2. The summed E-state index contributed by atoms with van der Waals surface area (Å²) in [6.45, 7) is 3.50. The van der Waals surface area contributed by atoms with Gasteiger partial charge in [0.2, 0.25) is 0 Å². The Balaban J connectivity index is 2.28. The molecule has 0 saturated heterocycles.